The molecule has 0 bridgehead atoms. The summed E-state index contributed by atoms with van der Waals surface area (Å²) in [6, 6.07) is 7.96. The third-order valence-corrected chi connectivity index (χ3v) is 3.66. The van der Waals surface area contributed by atoms with Gasteiger partial charge in [0.05, 0.1) is 0 Å². The lowest BCUT2D eigenvalue weighted by Gasteiger charge is -2.13. The van der Waals surface area contributed by atoms with Crippen LogP contribution < -0.4 is 5.32 Å². The summed E-state index contributed by atoms with van der Waals surface area (Å²) in [6.07, 6.45) is 0.880. The molecule has 0 heterocycles. The Hall–Kier alpha value is -0.800. The summed E-state index contributed by atoms with van der Waals surface area (Å²) < 4.78 is 0. The van der Waals surface area contributed by atoms with Gasteiger partial charge in [0.1, 0.15) is 0 Å². The van der Waals surface area contributed by atoms with Gasteiger partial charge in [-0.3, -0.25) is 4.79 Å². The Kier molecular flexibility index (Phi) is 6.30. The first kappa shape index (κ1) is 14.3. The Bertz CT molecular complexity index is 348. The van der Waals surface area contributed by atoms with E-state index in [1.165, 1.54) is 4.90 Å². The quantitative estimate of drug-likeness (QED) is 0.596. The highest BCUT2D eigenvalue weighted by atomic mass is 32.2. The van der Waals surface area contributed by atoms with E-state index in [1.54, 1.807) is 11.8 Å². The number of rotatable bonds is 7. The Morgan fingerprint density at radius 1 is 1.29 bits per heavy atom. The van der Waals surface area contributed by atoms with Crippen LogP contribution in [0.2, 0.25) is 0 Å². The molecular weight excluding hydrogens is 230 g/mol. The van der Waals surface area contributed by atoms with Gasteiger partial charge in [-0.25, -0.2) is 0 Å². The number of hydrogen-bond donors (Lipinski definition) is 1. The van der Waals surface area contributed by atoms with E-state index in [2.05, 4.69) is 19.2 Å². The molecule has 1 aromatic rings. The summed E-state index contributed by atoms with van der Waals surface area (Å²) in [7, 11) is 1.89. The third kappa shape index (κ3) is 4.17. The molecule has 1 unspecified atom stereocenters. The van der Waals surface area contributed by atoms with Gasteiger partial charge in [0, 0.05) is 22.9 Å². The smallest absolute Gasteiger partial charge is 0.167 e. The maximum atomic E-state index is 12.2. The van der Waals surface area contributed by atoms with Crippen molar-refractivity contribution in [3.05, 3.63) is 29.8 Å². The number of thioether (sulfide) groups is 1. The molecule has 0 aliphatic rings. The summed E-state index contributed by atoms with van der Waals surface area (Å²) >= 11 is 1.80. The normalized spacial score (nSPS) is 12.4. The highest BCUT2D eigenvalue weighted by molar-refractivity contribution is 7.99. The molecule has 0 aliphatic carbocycles. The SMILES string of the molecule is CCSc1ccc(C(=O)C(CC)CNC)cc1. The molecule has 0 spiro atoms. The molecule has 0 aromatic heterocycles. The van der Waals surface area contributed by atoms with Gasteiger partial charge < -0.3 is 5.32 Å². The van der Waals surface area contributed by atoms with Crippen molar-refractivity contribution in [2.24, 2.45) is 5.92 Å². The molecule has 0 amide bonds. The second-order valence-electron chi connectivity index (χ2n) is 3.98. The fraction of sp³-hybridized carbons (Fsp3) is 0.500. The van der Waals surface area contributed by atoms with E-state index in [-0.39, 0.29) is 11.7 Å². The number of hydrogen-bond acceptors (Lipinski definition) is 3. The van der Waals surface area contributed by atoms with Gasteiger partial charge in [-0.1, -0.05) is 26.0 Å². The van der Waals surface area contributed by atoms with Crippen molar-refractivity contribution >= 4 is 17.5 Å². The summed E-state index contributed by atoms with van der Waals surface area (Å²) in [5.74, 6) is 1.39. The molecule has 0 fully saturated rings. The highest BCUT2D eigenvalue weighted by Crippen LogP contribution is 2.19. The molecule has 1 N–H and O–H groups in total. The van der Waals surface area contributed by atoms with Gasteiger partial charge in [0.15, 0.2) is 5.78 Å². The number of ketones is 1. The van der Waals surface area contributed by atoms with Gasteiger partial charge in [0.2, 0.25) is 0 Å². The van der Waals surface area contributed by atoms with Gasteiger partial charge in [-0.05, 0) is 31.4 Å². The predicted octanol–water partition coefficient (Wildman–Crippen LogP) is 3.23. The van der Waals surface area contributed by atoms with Crippen LogP contribution in [0, 0.1) is 5.92 Å². The van der Waals surface area contributed by atoms with E-state index >= 15 is 0 Å². The molecule has 2 nitrogen and oxygen atoms in total. The first-order valence-electron chi connectivity index (χ1n) is 6.14. The lowest BCUT2D eigenvalue weighted by atomic mass is 9.95. The summed E-state index contributed by atoms with van der Waals surface area (Å²) in [5, 5.41) is 3.08. The number of carbonyl (C=O) groups is 1. The molecule has 17 heavy (non-hydrogen) atoms. The topological polar surface area (TPSA) is 29.1 Å². The van der Waals surface area contributed by atoms with Crippen LogP contribution in [0.3, 0.4) is 0 Å². The van der Waals surface area contributed by atoms with Crippen LogP contribution >= 0.6 is 11.8 Å². The van der Waals surface area contributed by atoms with Crippen molar-refractivity contribution in [1.29, 1.82) is 0 Å². The Labute approximate surface area is 108 Å². The number of Topliss-reactive ketones (excluding diaryl/α,β-unsaturated/α-hetero) is 1. The van der Waals surface area contributed by atoms with Crippen LogP contribution in [0.5, 0.6) is 0 Å². The van der Waals surface area contributed by atoms with E-state index in [0.717, 1.165) is 24.3 Å². The van der Waals surface area contributed by atoms with E-state index in [9.17, 15) is 4.79 Å². The summed E-state index contributed by atoms with van der Waals surface area (Å²) in [5.41, 5.74) is 0.826. The highest BCUT2D eigenvalue weighted by Gasteiger charge is 2.17. The number of benzene rings is 1. The molecule has 0 saturated heterocycles. The van der Waals surface area contributed by atoms with E-state index < -0.39 is 0 Å². The molecule has 1 aromatic carbocycles. The second-order valence-corrected chi connectivity index (χ2v) is 5.32. The Morgan fingerprint density at radius 2 is 1.94 bits per heavy atom. The van der Waals surface area contributed by atoms with Crippen molar-refractivity contribution in [1.82, 2.24) is 5.32 Å². The van der Waals surface area contributed by atoms with Crippen LogP contribution in [0.15, 0.2) is 29.2 Å². The largest absolute Gasteiger partial charge is 0.319 e. The minimum Gasteiger partial charge on any atom is -0.319 e. The molecule has 94 valence electrons. The van der Waals surface area contributed by atoms with Crippen LogP contribution in [-0.4, -0.2) is 25.1 Å². The molecule has 0 saturated carbocycles. The fourth-order valence-corrected chi connectivity index (χ4v) is 2.45. The molecule has 3 heteroatoms. The minimum atomic E-state index is 0.0877. The zero-order valence-electron chi connectivity index (χ0n) is 10.8. The third-order valence-electron chi connectivity index (χ3n) is 2.76. The monoisotopic (exact) mass is 251 g/mol. The maximum Gasteiger partial charge on any atom is 0.167 e. The van der Waals surface area contributed by atoms with E-state index in [4.69, 9.17) is 0 Å². The lowest BCUT2D eigenvalue weighted by Crippen LogP contribution is -2.25. The average Bonchev–Trinajstić information content (AvgIpc) is 2.36. The predicted molar refractivity (Wildman–Crippen MR) is 74.9 cm³/mol. The van der Waals surface area contributed by atoms with E-state index in [0.29, 0.717) is 0 Å². The first-order chi connectivity index (χ1) is 8.22. The first-order valence-corrected chi connectivity index (χ1v) is 7.13. The number of carbonyl (C=O) groups excluding carboxylic acids is 1. The van der Waals surface area contributed by atoms with Crippen LogP contribution in [0.1, 0.15) is 30.6 Å². The van der Waals surface area contributed by atoms with Crippen molar-refractivity contribution in [3.63, 3.8) is 0 Å². The van der Waals surface area contributed by atoms with Gasteiger partial charge in [-0.15, -0.1) is 11.8 Å². The fourth-order valence-electron chi connectivity index (χ4n) is 1.79. The molecule has 1 rings (SSSR count). The average molecular weight is 251 g/mol. The summed E-state index contributed by atoms with van der Waals surface area (Å²) in [4.78, 5) is 13.4. The zero-order valence-corrected chi connectivity index (χ0v) is 11.6. The van der Waals surface area contributed by atoms with Crippen molar-refractivity contribution in [3.8, 4) is 0 Å². The molecular formula is C14H21NOS. The van der Waals surface area contributed by atoms with Gasteiger partial charge in [-0.2, -0.15) is 0 Å². The number of nitrogens with one attached hydrogen (secondary N) is 1. The van der Waals surface area contributed by atoms with Gasteiger partial charge >= 0.3 is 0 Å². The van der Waals surface area contributed by atoms with Crippen LogP contribution in [0.25, 0.3) is 0 Å². The van der Waals surface area contributed by atoms with Crippen molar-refractivity contribution < 1.29 is 4.79 Å². The molecule has 0 radical (unpaired) electrons. The Morgan fingerprint density at radius 3 is 2.41 bits per heavy atom. The van der Waals surface area contributed by atoms with Crippen molar-refractivity contribution in [2.75, 3.05) is 19.3 Å². The lowest BCUT2D eigenvalue weighted by molar-refractivity contribution is 0.0916. The van der Waals surface area contributed by atoms with Crippen LogP contribution in [0.4, 0.5) is 0 Å². The Balaban J connectivity index is 2.74. The second kappa shape index (κ2) is 7.51. The zero-order chi connectivity index (χ0) is 12.7. The summed E-state index contributed by atoms with van der Waals surface area (Å²) in [6.45, 7) is 4.94. The maximum absolute atomic E-state index is 12.2. The van der Waals surface area contributed by atoms with Gasteiger partial charge in [0.25, 0.3) is 0 Å². The van der Waals surface area contributed by atoms with Crippen LogP contribution in [-0.2, 0) is 0 Å². The standard InChI is InChI=1S/C14H21NOS/c1-4-11(10-15-3)14(16)12-6-8-13(9-7-12)17-5-2/h6-9,11,15H,4-5,10H2,1-3H3. The minimum absolute atomic E-state index is 0.0877. The molecule has 0 aliphatic heterocycles. The van der Waals surface area contributed by atoms with E-state index in [1.807, 2.05) is 31.3 Å². The molecule has 1 atom stereocenters. The van der Waals surface area contributed by atoms with Crippen molar-refractivity contribution in [2.45, 2.75) is 25.2 Å².